The molecule has 0 aliphatic carbocycles. The van der Waals surface area contributed by atoms with Crippen LogP contribution in [0, 0.1) is 11.3 Å². The van der Waals surface area contributed by atoms with E-state index in [-0.39, 0.29) is 34.1 Å². The second-order valence-electron chi connectivity index (χ2n) is 12.9. The molecule has 0 bridgehead atoms. The van der Waals surface area contributed by atoms with E-state index in [4.69, 9.17) is 16.0 Å². The van der Waals surface area contributed by atoms with Gasteiger partial charge in [-0.05, 0) is 84.6 Å². The number of amides is 2. The topological polar surface area (TPSA) is 82.4 Å². The lowest BCUT2D eigenvalue weighted by molar-refractivity contribution is 0.0985. The third-order valence-electron chi connectivity index (χ3n) is 8.85. The smallest absolute Gasteiger partial charge is 0.259 e. The Bertz CT molecular complexity index is 1780. The average molecular weight is 636 g/mol. The molecule has 0 saturated heterocycles. The quantitative estimate of drug-likeness (QED) is 0.214. The van der Waals surface area contributed by atoms with Gasteiger partial charge in [-0.15, -0.1) is 0 Å². The van der Waals surface area contributed by atoms with Gasteiger partial charge >= 0.3 is 0 Å². The van der Waals surface area contributed by atoms with Gasteiger partial charge in [0.05, 0.1) is 17.2 Å². The summed E-state index contributed by atoms with van der Waals surface area (Å²) in [5, 5.41) is 13.6. The molecule has 1 unspecified atom stereocenters. The Morgan fingerprint density at radius 1 is 0.956 bits per heavy atom. The van der Waals surface area contributed by atoms with Crippen molar-refractivity contribution in [2.75, 3.05) is 16.8 Å². The molecule has 230 valence electrons. The van der Waals surface area contributed by atoms with Crippen molar-refractivity contribution in [1.29, 1.82) is 5.26 Å². The van der Waals surface area contributed by atoms with Gasteiger partial charge in [-0.3, -0.25) is 9.59 Å². The Balaban J connectivity index is 1.43. The number of anilines is 2. The van der Waals surface area contributed by atoms with Crippen molar-refractivity contribution in [2.45, 2.75) is 57.8 Å². The van der Waals surface area contributed by atoms with Crippen LogP contribution in [0.15, 0.2) is 91.0 Å². The van der Waals surface area contributed by atoms with E-state index in [1.54, 1.807) is 35.2 Å². The zero-order chi connectivity index (χ0) is 32.4. The van der Waals surface area contributed by atoms with Gasteiger partial charge in [0, 0.05) is 34.1 Å². The summed E-state index contributed by atoms with van der Waals surface area (Å²) in [5.41, 5.74) is 4.75. The summed E-state index contributed by atoms with van der Waals surface area (Å²) in [6.45, 7) is 11.6. The maximum atomic E-state index is 14.1. The molecule has 4 aromatic carbocycles. The van der Waals surface area contributed by atoms with Gasteiger partial charge in [0.15, 0.2) is 8.32 Å². The standard InChI is InChI=1S/C37H38ClN3O3Si/c1-37(2,3)45(4,5)44-34-16-11-21-41(33-20-17-27(38)23-32(33)34)36(43)30-19-18-28(22-26(30)24-39)40-35(42)31-15-10-9-14-29(31)25-12-7-6-8-13-25/h6-10,12-15,17-20,22-23,34H,11,16,21H2,1-5H3,(H,40,42). The van der Waals surface area contributed by atoms with Crippen LogP contribution < -0.4 is 10.2 Å². The highest BCUT2D eigenvalue weighted by molar-refractivity contribution is 6.74. The van der Waals surface area contributed by atoms with Gasteiger partial charge in [0.2, 0.25) is 0 Å². The van der Waals surface area contributed by atoms with Crippen molar-refractivity contribution in [3.8, 4) is 17.2 Å². The highest BCUT2D eigenvalue weighted by Crippen LogP contribution is 2.44. The Kier molecular flexibility index (Phi) is 9.31. The Hall–Kier alpha value is -4.22. The molecule has 1 heterocycles. The van der Waals surface area contributed by atoms with E-state index in [1.807, 2.05) is 60.7 Å². The number of fused-ring (bicyclic) bond motifs is 1. The van der Waals surface area contributed by atoms with Crippen LogP contribution in [0.3, 0.4) is 0 Å². The Morgan fingerprint density at radius 3 is 2.38 bits per heavy atom. The molecule has 0 radical (unpaired) electrons. The molecule has 0 saturated carbocycles. The van der Waals surface area contributed by atoms with Gasteiger partial charge in [0.25, 0.3) is 11.8 Å². The fourth-order valence-corrected chi connectivity index (χ4v) is 6.89. The molecule has 0 spiro atoms. The summed E-state index contributed by atoms with van der Waals surface area (Å²) in [5.74, 6) is -0.584. The van der Waals surface area contributed by atoms with Crippen molar-refractivity contribution >= 4 is 43.1 Å². The van der Waals surface area contributed by atoms with Gasteiger partial charge in [-0.25, -0.2) is 0 Å². The Labute approximate surface area is 271 Å². The molecule has 1 aliphatic heterocycles. The van der Waals surface area contributed by atoms with Crippen LogP contribution in [0.1, 0.15) is 71.6 Å². The zero-order valence-corrected chi connectivity index (χ0v) is 28.1. The second kappa shape index (κ2) is 13.0. The monoisotopic (exact) mass is 635 g/mol. The van der Waals surface area contributed by atoms with Crippen molar-refractivity contribution in [2.24, 2.45) is 0 Å². The number of hydrogen-bond acceptors (Lipinski definition) is 4. The minimum atomic E-state index is -2.12. The SMILES string of the molecule is CC(C)(C)[Si](C)(C)OC1CCCN(C(=O)c2ccc(NC(=O)c3ccccc3-c3ccccc3)cc2C#N)c2ccc(Cl)cc21. The molecule has 6 nitrogen and oxygen atoms in total. The average Bonchev–Trinajstić information content (AvgIpc) is 3.19. The first-order valence-electron chi connectivity index (χ1n) is 15.2. The van der Waals surface area contributed by atoms with Gasteiger partial charge in [0.1, 0.15) is 6.07 Å². The largest absolute Gasteiger partial charge is 0.410 e. The van der Waals surface area contributed by atoms with Crippen LogP contribution in [0.25, 0.3) is 11.1 Å². The maximum Gasteiger partial charge on any atom is 0.259 e. The lowest BCUT2D eigenvalue weighted by atomic mass is 9.99. The molecule has 5 rings (SSSR count). The van der Waals surface area contributed by atoms with E-state index >= 15 is 0 Å². The summed E-state index contributed by atoms with van der Waals surface area (Å²) < 4.78 is 6.86. The molecular weight excluding hydrogens is 598 g/mol. The molecule has 2 amide bonds. The third kappa shape index (κ3) is 6.89. The predicted octanol–water partition coefficient (Wildman–Crippen LogP) is 9.63. The van der Waals surface area contributed by atoms with Crippen LogP contribution in [-0.2, 0) is 4.43 Å². The first-order valence-corrected chi connectivity index (χ1v) is 18.5. The molecule has 0 fully saturated rings. The van der Waals surface area contributed by atoms with Crippen LogP contribution >= 0.6 is 11.6 Å². The number of benzene rings is 4. The lowest BCUT2D eigenvalue weighted by Gasteiger charge is -2.39. The predicted molar refractivity (Wildman–Crippen MR) is 184 cm³/mol. The number of carbonyl (C=O) groups is 2. The summed E-state index contributed by atoms with van der Waals surface area (Å²) in [6.07, 6.45) is 1.29. The normalized spacial score (nSPS) is 15.0. The van der Waals surface area contributed by atoms with Gasteiger partial charge in [-0.2, -0.15) is 5.26 Å². The third-order valence-corrected chi connectivity index (χ3v) is 13.6. The Morgan fingerprint density at radius 2 is 1.67 bits per heavy atom. The zero-order valence-electron chi connectivity index (χ0n) is 26.4. The number of nitrogens with zero attached hydrogens (tertiary/aromatic N) is 2. The summed E-state index contributed by atoms with van der Waals surface area (Å²) >= 11 is 6.47. The number of nitrogens with one attached hydrogen (secondary N) is 1. The van der Waals surface area contributed by atoms with E-state index in [0.29, 0.717) is 22.8 Å². The van der Waals surface area contributed by atoms with E-state index in [1.165, 1.54) is 0 Å². The number of carbonyl (C=O) groups excluding carboxylic acids is 2. The first-order chi connectivity index (χ1) is 21.4. The molecule has 1 atom stereocenters. The number of halogens is 1. The highest BCUT2D eigenvalue weighted by atomic mass is 35.5. The van der Waals surface area contributed by atoms with Crippen LogP contribution in [-0.4, -0.2) is 26.7 Å². The summed E-state index contributed by atoms with van der Waals surface area (Å²) in [7, 11) is -2.12. The van der Waals surface area contributed by atoms with Crippen molar-refractivity contribution in [3.63, 3.8) is 0 Å². The molecule has 0 aromatic heterocycles. The summed E-state index contributed by atoms with van der Waals surface area (Å²) in [6, 6.07) is 29.6. The molecular formula is C37H38ClN3O3Si. The molecule has 1 N–H and O–H groups in total. The molecule has 1 aliphatic rings. The number of hydrogen-bond donors (Lipinski definition) is 1. The summed E-state index contributed by atoms with van der Waals surface area (Å²) in [4.78, 5) is 29.2. The molecule has 4 aromatic rings. The van der Waals surface area contributed by atoms with Crippen LogP contribution in [0.4, 0.5) is 11.4 Å². The van der Waals surface area contributed by atoms with E-state index in [0.717, 1.165) is 35.2 Å². The van der Waals surface area contributed by atoms with E-state index in [9.17, 15) is 14.9 Å². The fourth-order valence-electron chi connectivity index (χ4n) is 5.40. The van der Waals surface area contributed by atoms with Crippen LogP contribution in [0.2, 0.25) is 23.2 Å². The van der Waals surface area contributed by atoms with Crippen molar-refractivity contribution in [3.05, 3.63) is 118 Å². The van der Waals surface area contributed by atoms with Crippen LogP contribution in [0.5, 0.6) is 0 Å². The van der Waals surface area contributed by atoms with Crippen molar-refractivity contribution < 1.29 is 14.0 Å². The lowest BCUT2D eigenvalue weighted by Crippen LogP contribution is -2.41. The molecule has 8 heteroatoms. The maximum absolute atomic E-state index is 14.1. The minimum absolute atomic E-state index is 0.0238. The van der Waals surface area contributed by atoms with E-state index < -0.39 is 8.32 Å². The fraction of sp³-hybridized carbons (Fsp3) is 0.270. The second-order valence-corrected chi connectivity index (χ2v) is 18.1. The highest BCUT2D eigenvalue weighted by Gasteiger charge is 2.41. The van der Waals surface area contributed by atoms with Gasteiger partial charge < -0.3 is 14.6 Å². The van der Waals surface area contributed by atoms with Crippen molar-refractivity contribution in [1.82, 2.24) is 0 Å². The number of nitriles is 1. The first kappa shape index (κ1) is 32.2. The van der Waals surface area contributed by atoms with E-state index in [2.05, 4.69) is 45.3 Å². The van der Waals surface area contributed by atoms with Gasteiger partial charge in [-0.1, -0.05) is 80.9 Å². The minimum Gasteiger partial charge on any atom is -0.410 e. The number of rotatable bonds is 6. The molecule has 45 heavy (non-hydrogen) atoms.